The number of nitrogens with zero attached hydrogens (tertiary/aromatic N) is 1. The number of hydrogen-bond donors (Lipinski definition) is 2. The van der Waals surface area contributed by atoms with Gasteiger partial charge in [-0.1, -0.05) is 34.8 Å². The summed E-state index contributed by atoms with van der Waals surface area (Å²) in [6.45, 7) is 4.31. The molecule has 0 radical (unpaired) electrons. The number of carboxylic acid groups (broad SMARTS) is 2. The molecule has 0 amide bonds. The molecule has 13 heteroatoms. The summed E-state index contributed by atoms with van der Waals surface area (Å²) in [7, 11) is 0. The molecule has 198 valence electrons. The largest absolute Gasteiger partial charge is 0.492 e. The summed E-state index contributed by atoms with van der Waals surface area (Å²) in [5.74, 6) is -4.51. The van der Waals surface area contributed by atoms with Gasteiger partial charge in [-0.05, 0) is 68.6 Å². The number of piperidine rings is 1. The SMILES string of the molecule is C[C@H](c1cc(Cl)cc(Cl)c1)N1CCC(COc2cc(F)c(C(=O)O)cc2Cl)CC1.O=C(O)C(F)(F)F. The molecule has 3 rings (SSSR count). The van der Waals surface area contributed by atoms with E-state index in [0.29, 0.717) is 22.6 Å². The zero-order chi connectivity index (χ0) is 27.2. The van der Waals surface area contributed by atoms with Crippen molar-refractivity contribution >= 4 is 46.7 Å². The molecule has 0 bridgehead atoms. The number of aromatic carboxylic acids is 1. The van der Waals surface area contributed by atoms with Crippen molar-refractivity contribution in [1.82, 2.24) is 4.90 Å². The highest BCUT2D eigenvalue weighted by Gasteiger charge is 2.38. The van der Waals surface area contributed by atoms with E-state index in [1.54, 1.807) is 6.07 Å². The van der Waals surface area contributed by atoms with Crippen LogP contribution in [0.4, 0.5) is 17.6 Å². The second-order valence-electron chi connectivity index (χ2n) is 8.04. The van der Waals surface area contributed by atoms with Crippen molar-refractivity contribution in [3.63, 3.8) is 0 Å². The van der Waals surface area contributed by atoms with Gasteiger partial charge in [0.1, 0.15) is 11.6 Å². The molecule has 1 saturated heterocycles. The molecule has 1 fully saturated rings. The Balaban J connectivity index is 0.000000572. The lowest BCUT2D eigenvalue weighted by molar-refractivity contribution is -0.192. The Morgan fingerprint density at radius 2 is 1.58 bits per heavy atom. The summed E-state index contributed by atoms with van der Waals surface area (Å²) >= 11 is 18.3. The third-order valence-corrected chi connectivity index (χ3v) is 6.26. The van der Waals surface area contributed by atoms with Gasteiger partial charge in [-0.2, -0.15) is 13.2 Å². The first-order chi connectivity index (χ1) is 16.7. The van der Waals surface area contributed by atoms with Crippen LogP contribution in [0.1, 0.15) is 41.7 Å². The van der Waals surface area contributed by atoms with Crippen LogP contribution in [0.25, 0.3) is 0 Å². The Labute approximate surface area is 219 Å². The molecule has 0 unspecified atom stereocenters. The minimum Gasteiger partial charge on any atom is -0.492 e. The number of ether oxygens (including phenoxy) is 1. The maximum absolute atomic E-state index is 13.9. The Morgan fingerprint density at radius 3 is 2.06 bits per heavy atom. The van der Waals surface area contributed by atoms with Crippen molar-refractivity contribution in [2.75, 3.05) is 19.7 Å². The Bertz CT molecular complexity index is 1070. The number of benzene rings is 2. The van der Waals surface area contributed by atoms with Gasteiger partial charge in [-0.25, -0.2) is 14.0 Å². The quantitative estimate of drug-likeness (QED) is 0.363. The molecule has 2 aromatic carbocycles. The number of aliphatic carboxylic acids is 1. The number of halogens is 7. The van der Waals surface area contributed by atoms with Crippen LogP contribution in [0.3, 0.4) is 0 Å². The topological polar surface area (TPSA) is 87.1 Å². The first-order valence-corrected chi connectivity index (χ1v) is 11.7. The molecule has 1 atom stereocenters. The van der Waals surface area contributed by atoms with Crippen molar-refractivity contribution in [3.8, 4) is 5.75 Å². The number of hydrogen-bond acceptors (Lipinski definition) is 4. The van der Waals surface area contributed by atoms with E-state index >= 15 is 0 Å². The summed E-state index contributed by atoms with van der Waals surface area (Å²) in [4.78, 5) is 22.2. The van der Waals surface area contributed by atoms with E-state index in [9.17, 15) is 22.4 Å². The molecule has 1 heterocycles. The Morgan fingerprint density at radius 1 is 1.06 bits per heavy atom. The lowest BCUT2D eigenvalue weighted by Crippen LogP contribution is -2.37. The number of carbonyl (C=O) groups is 2. The van der Waals surface area contributed by atoms with Crippen molar-refractivity contribution in [1.29, 1.82) is 0 Å². The zero-order valence-electron chi connectivity index (χ0n) is 18.8. The predicted octanol–water partition coefficient (Wildman–Crippen LogP) is 6.97. The fourth-order valence-electron chi connectivity index (χ4n) is 3.54. The molecule has 0 spiro atoms. The van der Waals surface area contributed by atoms with Gasteiger partial charge >= 0.3 is 18.1 Å². The molecule has 0 saturated carbocycles. The number of rotatable bonds is 6. The van der Waals surface area contributed by atoms with Gasteiger partial charge in [0.15, 0.2) is 0 Å². The van der Waals surface area contributed by atoms with Crippen LogP contribution in [-0.2, 0) is 4.79 Å². The standard InChI is InChI=1S/C21H21Cl3FNO3.C2HF3O2/c1-12(14-6-15(22)8-16(23)7-14)26-4-2-13(3-5-26)11-29-20-10-19(25)17(21(27)28)9-18(20)24;3-2(4,5)1(6)7/h6-10,12-13H,2-5,11H2,1H3,(H,27,28);(H,6,7)/t12-;/m1./s1. The molecule has 6 nitrogen and oxygen atoms in total. The molecule has 36 heavy (non-hydrogen) atoms. The fourth-order valence-corrected chi connectivity index (χ4v) is 4.31. The second kappa shape index (κ2) is 12.8. The monoisotopic (exact) mass is 573 g/mol. The van der Waals surface area contributed by atoms with Crippen molar-refractivity contribution in [2.45, 2.75) is 32.0 Å². The van der Waals surface area contributed by atoms with Crippen molar-refractivity contribution in [2.24, 2.45) is 5.92 Å². The van der Waals surface area contributed by atoms with Crippen LogP contribution in [0, 0.1) is 11.7 Å². The fraction of sp³-hybridized carbons (Fsp3) is 0.391. The highest BCUT2D eigenvalue weighted by atomic mass is 35.5. The van der Waals surface area contributed by atoms with Crippen molar-refractivity contribution in [3.05, 3.63) is 62.3 Å². The minimum atomic E-state index is -5.08. The molecule has 0 aromatic heterocycles. The first-order valence-electron chi connectivity index (χ1n) is 10.5. The van der Waals surface area contributed by atoms with Crippen LogP contribution < -0.4 is 4.74 Å². The molecule has 2 aromatic rings. The number of carboxylic acids is 2. The number of likely N-dealkylation sites (tertiary alicyclic amines) is 1. The lowest BCUT2D eigenvalue weighted by Gasteiger charge is -2.36. The van der Waals surface area contributed by atoms with Gasteiger partial charge in [0.05, 0.1) is 17.2 Å². The molecule has 1 aliphatic heterocycles. The van der Waals surface area contributed by atoms with Gasteiger partial charge in [0, 0.05) is 22.2 Å². The highest BCUT2D eigenvalue weighted by molar-refractivity contribution is 6.34. The maximum atomic E-state index is 13.9. The van der Waals surface area contributed by atoms with Crippen molar-refractivity contribution < 1.29 is 42.1 Å². The van der Waals surface area contributed by atoms with E-state index in [4.69, 9.17) is 54.5 Å². The summed E-state index contributed by atoms with van der Waals surface area (Å²) in [5, 5.41) is 17.4. The maximum Gasteiger partial charge on any atom is 0.490 e. The third-order valence-electron chi connectivity index (χ3n) is 5.53. The Kier molecular flexibility index (Phi) is 10.7. The van der Waals surface area contributed by atoms with Crippen LogP contribution >= 0.6 is 34.8 Å². The van der Waals surface area contributed by atoms with Gasteiger partial charge in [0.2, 0.25) is 0 Å². The summed E-state index contributed by atoms with van der Waals surface area (Å²) < 4.78 is 51.3. The van der Waals surface area contributed by atoms with Crippen LogP contribution in [0.15, 0.2) is 30.3 Å². The summed E-state index contributed by atoms with van der Waals surface area (Å²) in [5.41, 5.74) is 0.615. The van der Waals surface area contributed by atoms with E-state index in [1.165, 1.54) is 0 Å². The number of alkyl halides is 3. The molecule has 0 aliphatic carbocycles. The smallest absolute Gasteiger partial charge is 0.490 e. The van der Waals surface area contributed by atoms with E-state index in [2.05, 4.69) is 11.8 Å². The van der Waals surface area contributed by atoms with E-state index in [-0.39, 0.29) is 16.8 Å². The normalized spacial score (nSPS) is 15.6. The van der Waals surface area contributed by atoms with Gasteiger partial charge in [-0.3, -0.25) is 4.90 Å². The molecular weight excluding hydrogens is 553 g/mol. The summed E-state index contributed by atoms with van der Waals surface area (Å²) in [6.07, 6.45) is -3.24. The van der Waals surface area contributed by atoms with E-state index < -0.39 is 29.5 Å². The average molecular weight is 575 g/mol. The summed E-state index contributed by atoms with van der Waals surface area (Å²) in [6, 6.07) is 7.90. The molecule has 1 aliphatic rings. The average Bonchev–Trinajstić information content (AvgIpc) is 2.78. The third kappa shape index (κ3) is 8.69. The van der Waals surface area contributed by atoms with Crippen LogP contribution in [0.5, 0.6) is 5.75 Å². The van der Waals surface area contributed by atoms with E-state index in [0.717, 1.165) is 43.6 Å². The van der Waals surface area contributed by atoms with Crippen LogP contribution in [0.2, 0.25) is 15.1 Å². The molecular formula is C23H22Cl3F4NO5. The first kappa shape index (κ1) is 30.0. The lowest BCUT2D eigenvalue weighted by atomic mass is 9.95. The Hall–Kier alpha value is -2.27. The molecule has 2 N–H and O–H groups in total. The predicted molar refractivity (Wildman–Crippen MR) is 127 cm³/mol. The van der Waals surface area contributed by atoms with Gasteiger partial charge < -0.3 is 14.9 Å². The van der Waals surface area contributed by atoms with Gasteiger partial charge in [-0.15, -0.1) is 0 Å². The van der Waals surface area contributed by atoms with E-state index in [1.807, 2.05) is 12.1 Å². The highest BCUT2D eigenvalue weighted by Crippen LogP contribution is 2.32. The van der Waals surface area contributed by atoms with Crippen LogP contribution in [-0.4, -0.2) is 52.9 Å². The van der Waals surface area contributed by atoms with Gasteiger partial charge in [0.25, 0.3) is 0 Å². The second-order valence-corrected chi connectivity index (χ2v) is 9.32. The zero-order valence-corrected chi connectivity index (χ0v) is 21.1. The minimum absolute atomic E-state index is 0.0905.